The first-order chi connectivity index (χ1) is 21.2. The number of halogens is 9. The molecule has 6 rings (SSSR count). The van der Waals surface area contributed by atoms with Gasteiger partial charge in [0.2, 0.25) is 0 Å². The molecule has 6 nitrogen and oxygen atoms in total. The summed E-state index contributed by atoms with van der Waals surface area (Å²) in [5.74, 6) is -16.2. The minimum absolute atomic E-state index is 0.0332. The summed E-state index contributed by atoms with van der Waals surface area (Å²) >= 11 is 0. The number of hydrogen-bond donors (Lipinski definition) is 0. The van der Waals surface area contributed by atoms with Crippen LogP contribution in [-0.2, 0) is 24.4 Å². The van der Waals surface area contributed by atoms with Crippen molar-refractivity contribution in [2.45, 2.75) is 86.9 Å². The highest BCUT2D eigenvalue weighted by atomic mass is 32.2. The van der Waals surface area contributed by atoms with Gasteiger partial charge in [0.15, 0.2) is 5.79 Å². The van der Waals surface area contributed by atoms with E-state index >= 15 is 0 Å². The zero-order chi connectivity index (χ0) is 33.7. The zero-order valence-electron chi connectivity index (χ0n) is 24.4. The van der Waals surface area contributed by atoms with E-state index in [0.29, 0.717) is 50.9 Å². The molecule has 4 fully saturated rings. The number of carbonyl (C=O) groups excluding carboxylic acids is 1. The Labute approximate surface area is 258 Å². The molecule has 6 atom stereocenters. The van der Waals surface area contributed by atoms with Gasteiger partial charge >= 0.3 is 33.4 Å². The predicted octanol–water partition coefficient (Wildman–Crippen LogP) is 7.40. The van der Waals surface area contributed by atoms with Crippen LogP contribution in [0.4, 0.5) is 39.5 Å². The molecule has 0 bridgehead atoms. The van der Waals surface area contributed by atoms with Crippen LogP contribution < -0.4 is 4.18 Å². The quantitative estimate of drug-likeness (QED) is 0.176. The number of Topliss-reactive ketones (excluding diaryl/α,β-unsaturated/α-hetero) is 1. The second kappa shape index (κ2) is 10.6. The lowest BCUT2D eigenvalue weighted by Gasteiger charge is -2.56. The van der Waals surface area contributed by atoms with Crippen LogP contribution in [0.2, 0.25) is 0 Å². The minimum atomic E-state index is -7.40. The number of carbonyl (C=O) groups is 1. The lowest BCUT2D eigenvalue weighted by molar-refractivity contribution is -0.382. The third-order valence-electron chi connectivity index (χ3n) is 10.9. The monoisotopic (exact) mass is 690 g/mol. The molecule has 0 aromatic heterocycles. The molecular formula is C30H31F9O6S. The van der Waals surface area contributed by atoms with Gasteiger partial charge in [0.05, 0.1) is 13.2 Å². The molecule has 256 valence electrons. The normalized spacial score (nSPS) is 33.3. The summed E-state index contributed by atoms with van der Waals surface area (Å²) in [4.78, 5) is 13.2. The first-order valence-corrected chi connectivity index (χ1v) is 16.3. The fourth-order valence-electron chi connectivity index (χ4n) is 8.70. The number of fused-ring (bicyclic) bond motifs is 5. The van der Waals surface area contributed by atoms with E-state index in [4.69, 9.17) is 9.47 Å². The Morgan fingerprint density at radius 2 is 1.52 bits per heavy atom. The molecule has 1 aromatic rings. The number of allylic oxidation sites excluding steroid dienone is 1. The highest BCUT2D eigenvalue weighted by molar-refractivity contribution is 7.88. The SMILES string of the molecule is C[C@]12C[C@H](c3ccc(OS(=O)(=O)C(F)(F)C(F)(F)C(F)(F)C(F)(F)F)cc3)[C@H]3[C@@H](CC=C4CC5(CC[C@@H]43)OCCO5)[C@@H]1CCC2=O. The van der Waals surface area contributed by atoms with Crippen molar-refractivity contribution in [2.75, 3.05) is 13.2 Å². The van der Waals surface area contributed by atoms with Crippen molar-refractivity contribution in [3.63, 3.8) is 0 Å². The lowest BCUT2D eigenvalue weighted by atomic mass is 9.48. The molecule has 1 spiro atoms. The molecule has 0 N–H and O–H groups in total. The molecule has 1 aliphatic heterocycles. The van der Waals surface area contributed by atoms with E-state index in [1.165, 1.54) is 17.7 Å². The van der Waals surface area contributed by atoms with E-state index in [-0.39, 0.29) is 35.4 Å². The number of ether oxygens (including phenoxy) is 2. The van der Waals surface area contributed by atoms with Crippen LogP contribution in [0.1, 0.15) is 63.4 Å². The Morgan fingerprint density at radius 1 is 0.891 bits per heavy atom. The Kier molecular flexibility index (Phi) is 7.72. The molecule has 46 heavy (non-hydrogen) atoms. The van der Waals surface area contributed by atoms with Crippen LogP contribution in [0, 0.1) is 29.1 Å². The van der Waals surface area contributed by atoms with Gasteiger partial charge in [0.25, 0.3) is 0 Å². The Hall–Kier alpha value is -2.33. The second-order valence-corrected chi connectivity index (χ2v) is 14.8. The Morgan fingerprint density at radius 3 is 2.13 bits per heavy atom. The maximum atomic E-state index is 14.2. The van der Waals surface area contributed by atoms with Crippen LogP contribution in [0.3, 0.4) is 0 Å². The largest absolute Gasteiger partial charge is 0.460 e. The third-order valence-corrected chi connectivity index (χ3v) is 12.2. The summed E-state index contributed by atoms with van der Waals surface area (Å²) in [5, 5.41) is -6.96. The highest BCUT2D eigenvalue weighted by Crippen LogP contribution is 2.65. The van der Waals surface area contributed by atoms with E-state index in [9.17, 15) is 52.7 Å². The van der Waals surface area contributed by atoms with Crippen LogP contribution in [0.5, 0.6) is 5.75 Å². The summed E-state index contributed by atoms with van der Waals surface area (Å²) in [6.07, 6.45) is -0.665. The molecule has 5 aliphatic rings. The van der Waals surface area contributed by atoms with E-state index in [1.54, 1.807) is 0 Å². The number of rotatable bonds is 6. The maximum Gasteiger partial charge on any atom is 0.460 e. The van der Waals surface area contributed by atoms with Gasteiger partial charge in [-0.2, -0.15) is 47.9 Å². The average Bonchev–Trinajstić information content (AvgIpc) is 3.54. The summed E-state index contributed by atoms with van der Waals surface area (Å²) < 4.78 is 160. The zero-order valence-corrected chi connectivity index (χ0v) is 25.2. The standard InChI is InChI=1S/C30H31F9O6S/c1-25-15-21(16-2-5-18(6-3-16)45-46(41,42)30(38,39)28(33,34)27(31,32)29(35,36)37)24-19-10-11-26(43-12-13-44-26)14-17(19)4-7-20(24)22(25)8-9-23(25)40/h2-6,19-22,24H,7-15H2,1H3/t19-,20-,21+,22-,24+,25-/m0/s1. The van der Waals surface area contributed by atoms with Crippen molar-refractivity contribution in [3.8, 4) is 5.75 Å². The van der Waals surface area contributed by atoms with E-state index in [1.807, 2.05) is 6.92 Å². The van der Waals surface area contributed by atoms with Crippen molar-refractivity contribution < 1.29 is 66.4 Å². The molecule has 0 amide bonds. The Balaban J connectivity index is 1.29. The fraction of sp³-hybridized carbons (Fsp3) is 0.700. The molecule has 1 aromatic carbocycles. The first kappa shape index (κ1) is 33.6. The molecule has 3 saturated carbocycles. The number of alkyl halides is 9. The van der Waals surface area contributed by atoms with Gasteiger partial charge in [-0.3, -0.25) is 4.79 Å². The van der Waals surface area contributed by atoms with Crippen molar-refractivity contribution >= 4 is 15.9 Å². The molecule has 0 radical (unpaired) electrons. The van der Waals surface area contributed by atoms with Crippen molar-refractivity contribution in [2.24, 2.45) is 29.1 Å². The first-order valence-electron chi connectivity index (χ1n) is 14.9. The van der Waals surface area contributed by atoms with Gasteiger partial charge in [-0.15, -0.1) is 0 Å². The molecule has 1 saturated heterocycles. The van der Waals surface area contributed by atoms with Gasteiger partial charge < -0.3 is 13.7 Å². The maximum absolute atomic E-state index is 14.2. The van der Waals surface area contributed by atoms with Crippen molar-refractivity contribution in [1.29, 1.82) is 0 Å². The number of hydrogen-bond acceptors (Lipinski definition) is 6. The van der Waals surface area contributed by atoms with Crippen molar-refractivity contribution in [3.05, 3.63) is 41.5 Å². The predicted molar refractivity (Wildman–Crippen MR) is 142 cm³/mol. The van der Waals surface area contributed by atoms with Gasteiger partial charge in [-0.25, -0.2) is 0 Å². The van der Waals surface area contributed by atoms with Crippen LogP contribution >= 0.6 is 0 Å². The lowest BCUT2D eigenvalue weighted by Crippen LogP contribution is -2.63. The van der Waals surface area contributed by atoms with E-state index < -0.39 is 50.3 Å². The topological polar surface area (TPSA) is 78.9 Å². The van der Waals surface area contributed by atoms with Gasteiger partial charge in [0, 0.05) is 24.7 Å². The number of benzene rings is 1. The second-order valence-electron chi connectivity index (χ2n) is 13.3. The third kappa shape index (κ3) is 4.81. The van der Waals surface area contributed by atoms with Crippen molar-refractivity contribution in [1.82, 2.24) is 0 Å². The fourth-order valence-corrected chi connectivity index (χ4v) is 9.61. The molecule has 16 heteroatoms. The molecular weight excluding hydrogens is 659 g/mol. The van der Waals surface area contributed by atoms with Gasteiger partial charge in [0.1, 0.15) is 11.5 Å². The average molecular weight is 691 g/mol. The van der Waals surface area contributed by atoms with E-state index in [0.717, 1.165) is 25.0 Å². The summed E-state index contributed by atoms with van der Waals surface area (Å²) in [7, 11) is -7.07. The summed E-state index contributed by atoms with van der Waals surface area (Å²) in [6.45, 7) is 2.91. The van der Waals surface area contributed by atoms with Gasteiger partial charge in [-0.05, 0) is 73.0 Å². The smallest absolute Gasteiger partial charge is 0.378 e. The molecule has 1 heterocycles. The number of ketones is 1. The molecule has 4 aliphatic carbocycles. The minimum Gasteiger partial charge on any atom is -0.378 e. The highest BCUT2D eigenvalue weighted by Gasteiger charge is 2.86. The van der Waals surface area contributed by atoms with Crippen LogP contribution in [-0.4, -0.2) is 56.5 Å². The molecule has 0 unspecified atom stereocenters. The summed E-state index contributed by atoms with van der Waals surface area (Å²) in [6, 6.07) is 4.31. The van der Waals surface area contributed by atoms with E-state index in [2.05, 4.69) is 10.3 Å². The Bertz CT molecular complexity index is 1520. The van der Waals surface area contributed by atoms with Gasteiger partial charge in [-0.1, -0.05) is 30.7 Å². The summed E-state index contributed by atoms with van der Waals surface area (Å²) in [5.41, 5.74) is 1.10. The van der Waals surface area contributed by atoms with Crippen LogP contribution in [0.25, 0.3) is 0 Å². The van der Waals surface area contributed by atoms with Crippen LogP contribution in [0.15, 0.2) is 35.9 Å².